The van der Waals surface area contributed by atoms with Crippen molar-refractivity contribution in [1.82, 2.24) is 15.0 Å². The zero-order chi connectivity index (χ0) is 16.9. The molecule has 0 unspecified atom stereocenters. The maximum atomic E-state index is 9.66. The zero-order valence-corrected chi connectivity index (χ0v) is 13.2. The van der Waals surface area contributed by atoms with Gasteiger partial charge in [0.05, 0.1) is 5.56 Å². The van der Waals surface area contributed by atoms with E-state index in [1.165, 1.54) is 11.8 Å². The fraction of sp³-hybridized carbons (Fsp3) is 0. The van der Waals surface area contributed by atoms with E-state index < -0.39 is 0 Å². The molecule has 0 aliphatic carbocycles. The topological polar surface area (TPSA) is 112 Å². The summed E-state index contributed by atoms with van der Waals surface area (Å²) in [6.07, 6.45) is 4.85. The Morgan fingerprint density at radius 2 is 1.71 bits per heavy atom. The van der Waals surface area contributed by atoms with Crippen LogP contribution in [0.5, 0.6) is 0 Å². The highest BCUT2D eigenvalue weighted by atomic mass is 32.2. The average molecular weight is 330 g/mol. The number of hydrogen-bond donors (Lipinski definition) is 1. The molecule has 3 aromatic rings. The van der Waals surface area contributed by atoms with Gasteiger partial charge in [0, 0.05) is 24.2 Å². The highest BCUT2D eigenvalue weighted by molar-refractivity contribution is 7.99. The Balaban J connectivity index is 2.24. The van der Waals surface area contributed by atoms with E-state index in [2.05, 4.69) is 21.0 Å². The van der Waals surface area contributed by atoms with Crippen LogP contribution in [0.3, 0.4) is 0 Å². The molecule has 0 saturated carbocycles. The Labute approximate surface area is 142 Å². The summed E-state index contributed by atoms with van der Waals surface area (Å²) in [6, 6.07) is 13.1. The van der Waals surface area contributed by atoms with Crippen molar-refractivity contribution in [3.8, 4) is 23.3 Å². The van der Waals surface area contributed by atoms with Crippen molar-refractivity contribution in [1.29, 1.82) is 10.5 Å². The third-order valence-corrected chi connectivity index (χ3v) is 4.16. The summed E-state index contributed by atoms with van der Waals surface area (Å²) in [4.78, 5) is 12.4. The first-order valence-electron chi connectivity index (χ1n) is 6.87. The van der Waals surface area contributed by atoms with E-state index in [-0.39, 0.29) is 11.4 Å². The van der Waals surface area contributed by atoms with Crippen LogP contribution in [0.25, 0.3) is 11.1 Å². The number of hydrogen-bond acceptors (Lipinski definition) is 7. The van der Waals surface area contributed by atoms with Crippen molar-refractivity contribution in [3.63, 3.8) is 0 Å². The smallest absolute Gasteiger partial charge is 0.143 e. The van der Waals surface area contributed by atoms with Gasteiger partial charge in [-0.2, -0.15) is 10.5 Å². The average Bonchev–Trinajstić information content (AvgIpc) is 2.63. The minimum absolute atomic E-state index is 0.0849. The third kappa shape index (κ3) is 2.89. The lowest BCUT2D eigenvalue weighted by molar-refractivity contribution is 1.08. The highest BCUT2D eigenvalue weighted by Gasteiger charge is 2.20. The van der Waals surface area contributed by atoms with Gasteiger partial charge in [-0.1, -0.05) is 6.07 Å². The Bertz CT molecular complexity index is 958. The van der Waals surface area contributed by atoms with E-state index >= 15 is 0 Å². The largest absolute Gasteiger partial charge is 0.383 e. The number of anilines is 1. The Morgan fingerprint density at radius 1 is 0.958 bits per heavy atom. The molecule has 114 valence electrons. The monoisotopic (exact) mass is 330 g/mol. The van der Waals surface area contributed by atoms with Crippen molar-refractivity contribution < 1.29 is 0 Å². The first-order valence-corrected chi connectivity index (χ1v) is 7.69. The van der Waals surface area contributed by atoms with Crippen LogP contribution in [0.2, 0.25) is 0 Å². The molecule has 0 aliphatic heterocycles. The normalized spacial score (nSPS) is 9.92. The molecule has 0 atom stereocenters. The third-order valence-electron chi connectivity index (χ3n) is 3.22. The maximum absolute atomic E-state index is 9.66. The van der Waals surface area contributed by atoms with Gasteiger partial charge in [-0.3, -0.25) is 4.98 Å². The first-order chi connectivity index (χ1) is 11.7. The predicted molar refractivity (Wildman–Crippen MR) is 89.7 cm³/mol. The number of nitriles is 2. The molecule has 0 fully saturated rings. The van der Waals surface area contributed by atoms with Gasteiger partial charge in [0.15, 0.2) is 0 Å². The molecule has 3 aromatic heterocycles. The second-order valence-corrected chi connectivity index (χ2v) is 5.67. The van der Waals surface area contributed by atoms with Crippen LogP contribution in [0.1, 0.15) is 11.1 Å². The predicted octanol–water partition coefficient (Wildman–Crippen LogP) is 3.02. The van der Waals surface area contributed by atoms with E-state index in [0.717, 1.165) is 0 Å². The second-order valence-electron chi connectivity index (χ2n) is 4.66. The van der Waals surface area contributed by atoms with Crippen molar-refractivity contribution in [2.24, 2.45) is 0 Å². The van der Waals surface area contributed by atoms with Gasteiger partial charge in [0.1, 0.15) is 33.6 Å². The molecule has 3 heterocycles. The second kappa shape index (κ2) is 6.78. The summed E-state index contributed by atoms with van der Waals surface area (Å²) in [7, 11) is 0. The molecule has 0 spiro atoms. The number of nitrogens with zero attached hydrogens (tertiary/aromatic N) is 5. The molecule has 0 aliphatic rings. The van der Waals surface area contributed by atoms with Crippen LogP contribution >= 0.6 is 11.8 Å². The molecule has 0 amide bonds. The summed E-state index contributed by atoms with van der Waals surface area (Å²) >= 11 is 1.23. The van der Waals surface area contributed by atoms with E-state index in [1.807, 2.05) is 18.2 Å². The number of nitrogens with two attached hydrogens (primary N) is 1. The van der Waals surface area contributed by atoms with Crippen LogP contribution in [0.15, 0.2) is 59.0 Å². The summed E-state index contributed by atoms with van der Waals surface area (Å²) in [6.45, 7) is 0. The molecule has 2 N–H and O–H groups in total. The summed E-state index contributed by atoms with van der Waals surface area (Å²) < 4.78 is 0. The molecule has 3 rings (SSSR count). The van der Waals surface area contributed by atoms with Crippen LogP contribution in [-0.2, 0) is 0 Å². The fourth-order valence-corrected chi connectivity index (χ4v) is 3.04. The van der Waals surface area contributed by atoms with Gasteiger partial charge in [-0.25, -0.2) is 9.97 Å². The summed E-state index contributed by atoms with van der Waals surface area (Å²) in [5.41, 5.74) is 7.59. The Kier molecular flexibility index (Phi) is 4.37. The SMILES string of the molecule is N#Cc1c(N)nc(Sc2ccccn2)c(C#N)c1-c1ccncc1. The van der Waals surface area contributed by atoms with Gasteiger partial charge in [-0.15, -0.1) is 0 Å². The van der Waals surface area contributed by atoms with Crippen LogP contribution in [0.4, 0.5) is 5.82 Å². The van der Waals surface area contributed by atoms with Crippen LogP contribution in [-0.4, -0.2) is 15.0 Å². The molecule has 0 saturated heterocycles. The molecule has 0 bridgehead atoms. The maximum Gasteiger partial charge on any atom is 0.143 e. The fourth-order valence-electron chi connectivity index (χ4n) is 2.19. The van der Waals surface area contributed by atoms with Gasteiger partial charge < -0.3 is 5.73 Å². The quantitative estimate of drug-likeness (QED) is 0.785. The Morgan fingerprint density at radius 3 is 2.33 bits per heavy atom. The summed E-state index contributed by atoms with van der Waals surface area (Å²) in [5, 5.41) is 20.2. The van der Waals surface area contributed by atoms with Crippen molar-refractivity contribution in [2.75, 3.05) is 5.73 Å². The molecule has 0 radical (unpaired) electrons. The van der Waals surface area contributed by atoms with E-state index in [9.17, 15) is 10.5 Å². The molecule has 24 heavy (non-hydrogen) atoms. The van der Waals surface area contributed by atoms with E-state index in [0.29, 0.717) is 26.7 Å². The van der Waals surface area contributed by atoms with Gasteiger partial charge in [-0.05, 0) is 41.6 Å². The zero-order valence-electron chi connectivity index (χ0n) is 12.3. The van der Waals surface area contributed by atoms with Crippen LogP contribution in [0, 0.1) is 22.7 Å². The van der Waals surface area contributed by atoms with Gasteiger partial charge in [0.2, 0.25) is 0 Å². The van der Waals surface area contributed by atoms with Crippen LogP contribution < -0.4 is 5.73 Å². The molecule has 0 aromatic carbocycles. The number of rotatable bonds is 3. The minimum atomic E-state index is 0.0849. The minimum Gasteiger partial charge on any atom is -0.383 e. The number of aromatic nitrogens is 3. The van der Waals surface area contributed by atoms with Crippen molar-refractivity contribution in [2.45, 2.75) is 10.1 Å². The molecular weight excluding hydrogens is 320 g/mol. The highest BCUT2D eigenvalue weighted by Crippen LogP contribution is 2.37. The van der Waals surface area contributed by atoms with Crippen molar-refractivity contribution in [3.05, 3.63) is 60.0 Å². The summed E-state index contributed by atoms with van der Waals surface area (Å²) in [5.74, 6) is 0.0849. The lowest BCUT2D eigenvalue weighted by atomic mass is 9.98. The molecule has 7 heteroatoms. The Hall–Kier alpha value is -3.42. The van der Waals surface area contributed by atoms with E-state index in [4.69, 9.17) is 5.73 Å². The number of nitrogen functional groups attached to an aromatic ring is 1. The molecular formula is C17H10N6S. The van der Waals surface area contributed by atoms with E-state index in [1.54, 1.807) is 36.8 Å². The van der Waals surface area contributed by atoms with Gasteiger partial charge >= 0.3 is 0 Å². The lowest BCUT2D eigenvalue weighted by Crippen LogP contribution is -2.03. The standard InChI is InChI=1S/C17H10N6S/c18-9-12-15(11-4-7-21-8-5-11)13(10-19)17(23-16(12)20)24-14-3-1-2-6-22-14/h1-8H,(H2,20,23). The lowest BCUT2D eigenvalue weighted by Gasteiger charge is -2.12. The van der Waals surface area contributed by atoms with Gasteiger partial charge in [0.25, 0.3) is 0 Å². The first kappa shape index (κ1) is 15.5. The molecule has 6 nitrogen and oxygen atoms in total. The van der Waals surface area contributed by atoms with Crippen molar-refractivity contribution >= 4 is 17.6 Å². The number of pyridine rings is 3.